The molecule has 0 aliphatic heterocycles. The van der Waals surface area contributed by atoms with Crippen molar-refractivity contribution in [2.45, 2.75) is 121 Å². The number of unbranched alkanes of at least 4 members (excludes halogenated alkanes) is 10. The quantitative estimate of drug-likeness (QED) is 0.0313. The third-order valence-corrected chi connectivity index (χ3v) is 8.43. The number of carboxylic acid groups (broad SMARTS) is 3. The van der Waals surface area contributed by atoms with Crippen molar-refractivity contribution in [1.29, 1.82) is 0 Å². The van der Waals surface area contributed by atoms with Gasteiger partial charge in [0.1, 0.15) is 19.3 Å². The van der Waals surface area contributed by atoms with Gasteiger partial charge in [0.2, 0.25) is 23.6 Å². The molecule has 0 fully saturated rings. The highest BCUT2D eigenvalue weighted by molar-refractivity contribution is 6.06. The van der Waals surface area contributed by atoms with Crippen LogP contribution in [0.15, 0.2) is 0 Å². The predicted octanol–water partition coefficient (Wildman–Crippen LogP) is 0.813. The van der Waals surface area contributed by atoms with Gasteiger partial charge in [-0.1, -0.05) is 51.4 Å². The first-order valence-electron chi connectivity index (χ1n) is 20.0. The Kier molecular flexibility index (Phi) is 35.2. The minimum Gasteiger partial charge on any atom is -0.481 e. The fraction of sp³-hybridized carbons (Fsp3) is 0.811. The molecule has 0 aliphatic carbocycles. The van der Waals surface area contributed by atoms with Gasteiger partial charge < -0.3 is 60.8 Å². The van der Waals surface area contributed by atoms with Crippen LogP contribution in [0.5, 0.6) is 0 Å². The lowest BCUT2D eigenvalue weighted by Crippen LogP contribution is -2.41. The molecule has 0 aromatic carbocycles. The van der Waals surface area contributed by atoms with E-state index in [-0.39, 0.29) is 115 Å². The summed E-state index contributed by atoms with van der Waals surface area (Å²) < 4.78 is 21.2. The average Bonchev–Trinajstić information content (AvgIpc) is 3.16. The number of hydrogen-bond acceptors (Lipinski definition) is 12. The summed E-state index contributed by atoms with van der Waals surface area (Å²) in [6.45, 7) is 1.71. The van der Waals surface area contributed by atoms with Gasteiger partial charge >= 0.3 is 17.9 Å². The van der Waals surface area contributed by atoms with Crippen molar-refractivity contribution in [3.63, 3.8) is 0 Å². The summed E-state index contributed by atoms with van der Waals surface area (Å²) in [6, 6.07) is -1.98. The molecule has 326 valence electrons. The van der Waals surface area contributed by atoms with Crippen LogP contribution in [-0.2, 0) is 52.5 Å². The van der Waals surface area contributed by atoms with Gasteiger partial charge in [-0.25, -0.2) is 4.79 Å². The monoisotopic (exact) mass is 815 g/mol. The molecule has 2 unspecified atom stereocenters. The van der Waals surface area contributed by atoms with Gasteiger partial charge in [0, 0.05) is 38.9 Å². The minimum absolute atomic E-state index is 0.0433. The second kappa shape index (κ2) is 37.7. The summed E-state index contributed by atoms with van der Waals surface area (Å²) in [5.74, 6) is -4.33. The Labute approximate surface area is 337 Å². The molecule has 0 aromatic heterocycles. The van der Waals surface area contributed by atoms with Gasteiger partial charge in [-0.05, 0) is 38.5 Å². The van der Waals surface area contributed by atoms with E-state index in [9.17, 15) is 38.7 Å². The summed E-state index contributed by atoms with van der Waals surface area (Å²) >= 11 is 0. The molecule has 0 heterocycles. The molecule has 2 atom stereocenters. The first-order chi connectivity index (χ1) is 27.5. The van der Waals surface area contributed by atoms with E-state index in [1.165, 1.54) is 0 Å². The lowest BCUT2D eigenvalue weighted by atomic mass is 10.0. The third kappa shape index (κ3) is 36.3. The van der Waals surface area contributed by atoms with E-state index in [2.05, 4.69) is 26.5 Å². The van der Waals surface area contributed by atoms with Crippen molar-refractivity contribution >= 4 is 49.5 Å². The number of nitrogens with one attached hydrogen (secondary N) is 5. The minimum atomic E-state index is -1.20. The topological polar surface area (TPSA) is 277 Å². The number of carbonyl (C=O) groups is 7. The van der Waals surface area contributed by atoms with Crippen LogP contribution in [0.25, 0.3) is 0 Å². The molecular weight excluding hydrogens is 749 g/mol. The maximum atomic E-state index is 12.2. The highest BCUT2D eigenvalue weighted by Crippen LogP contribution is 2.12. The van der Waals surface area contributed by atoms with E-state index in [0.29, 0.717) is 32.2 Å². The van der Waals surface area contributed by atoms with Crippen molar-refractivity contribution in [2.24, 2.45) is 0 Å². The number of aliphatic carboxylic acids is 3. The Morgan fingerprint density at radius 2 is 0.895 bits per heavy atom. The average molecular weight is 816 g/mol. The molecule has 0 aromatic rings. The van der Waals surface area contributed by atoms with Crippen LogP contribution in [0.3, 0.4) is 0 Å². The van der Waals surface area contributed by atoms with E-state index >= 15 is 0 Å². The molecule has 0 rings (SSSR count). The maximum absolute atomic E-state index is 12.2. The largest absolute Gasteiger partial charge is 0.481 e. The normalized spacial score (nSPS) is 12.0. The molecule has 0 aliphatic rings. The molecule has 0 saturated heterocycles. The Hall–Kier alpha value is -3.85. The number of carbonyl (C=O) groups excluding carboxylic acids is 4. The fourth-order valence-corrected chi connectivity index (χ4v) is 5.24. The van der Waals surface area contributed by atoms with E-state index in [1.54, 1.807) is 0 Å². The van der Waals surface area contributed by atoms with Crippen LogP contribution in [0.2, 0.25) is 0 Å². The van der Waals surface area contributed by atoms with E-state index in [4.69, 9.17) is 37.1 Å². The van der Waals surface area contributed by atoms with Gasteiger partial charge in [-0.15, -0.1) is 0 Å². The van der Waals surface area contributed by atoms with Crippen LogP contribution in [0.1, 0.15) is 109 Å². The summed E-state index contributed by atoms with van der Waals surface area (Å²) in [5.41, 5.74) is 0. The zero-order valence-electron chi connectivity index (χ0n) is 33.4. The first-order valence-corrected chi connectivity index (χ1v) is 20.0. The second-order valence-corrected chi connectivity index (χ2v) is 13.4. The number of ether oxygens (including phenoxy) is 4. The second-order valence-electron chi connectivity index (χ2n) is 13.4. The van der Waals surface area contributed by atoms with E-state index in [0.717, 1.165) is 57.8 Å². The van der Waals surface area contributed by atoms with Gasteiger partial charge in [-0.2, -0.15) is 0 Å². The predicted molar refractivity (Wildman–Crippen MR) is 208 cm³/mol. The highest BCUT2D eigenvalue weighted by Gasteiger charge is 2.21. The summed E-state index contributed by atoms with van der Waals surface area (Å²) in [6.07, 6.45) is 11.5. The molecule has 8 N–H and O–H groups in total. The Morgan fingerprint density at radius 1 is 0.439 bits per heavy atom. The summed E-state index contributed by atoms with van der Waals surface area (Å²) in [7, 11) is 5.16. The molecule has 2 radical (unpaired) electrons. The van der Waals surface area contributed by atoms with Gasteiger partial charge in [0.15, 0.2) is 7.98 Å². The Bertz CT molecular complexity index is 1140. The molecule has 0 spiro atoms. The molecular formula is C37H66BN5O14. The van der Waals surface area contributed by atoms with Crippen molar-refractivity contribution in [3.05, 3.63) is 0 Å². The lowest BCUT2D eigenvalue weighted by molar-refractivity contribution is -0.142. The van der Waals surface area contributed by atoms with Crippen LogP contribution >= 0.6 is 0 Å². The van der Waals surface area contributed by atoms with Crippen LogP contribution in [-0.4, -0.2) is 149 Å². The molecule has 0 bridgehead atoms. The van der Waals surface area contributed by atoms with Gasteiger partial charge in [0.25, 0.3) is 0 Å². The van der Waals surface area contributed by atoms with Crippen LogP contribution in [0, 0.1) is 0 Å². The lowest BCUT2D eigenvalue weighted by Gasteiger charge is -2.14. The Morgan fingerprint density at radius 3 is 1.39 bits per heavy atom. The molecule has 0 saturated carbocycles. The van der Waals surface area contributed by atoms with Gasteiger partial charge in [-0.3, -0.25) is 28.8 Å². The third-order valence-electron chi connectivity index (χ3n) is 8.43. The van der Waals surface area contributed by atoms with Crippen LogP contribution < -0.4 is 26.5 Å². The van der Waals surface area contributed by atoms with Gasteiger partial charge in [0.05, 0.1) is 45.7 Å². The van der Waals surface area contributed by atoms with Crippen molar-refractivity contribution in [2.75, 3.05) is 72.5 Å². The summed E-state index contributed by atoms with van der Waals surface area (Å²) in [4.78, 5) is 81.0. The highest BCUT2D eigenvalue weighted by atomic mass is 16.5. The molecule has 20 heteroatoms. The number of carboxylic acids is 3. The van der Waals surface area contributed by atoms with Crippen LogP contribution in [0.4, 0.5) is 0 Å². The maximum Gasteiger partial charge on any atom is 0.326 e. The van der Waals surface area contributed by atoms with Crippen molar-refractivity contribution < 1.29 is 67.8 Å². The molecule has 57 heavy (non-hydrogen) atoms. The smallest absolute Gasteiger partial charge is 0.326 e. The van der Waals surface area contributed by atoms with Crippen molar-refractivity contribution in [3.8, 4) is 0 Å². The number of amides is 4. The number of hydrogen-bond donors (Lipinski definition) is 8. The fourth-order valence-electron chi connectivity index (χ4n) is 5.24. The Balaban J connectivity index is 3.67. The zero-order valence-corrected chi connectivity index (χ0v) is 33.4. The number of rotatable bonds is 41. The van der Waals surface area contributed by atoms with Crippen molar-refractivity contribution in [1.82, 2.24) is 26.5 Å². The summed E-state index contributed by atoms with van der Waals surface area (Å²) in [5, 5.41) is 39.7. The molecule has 19 nitrogen and oxygen atoms in total. The van der Waals surface area contributed by atoms with E-state index in [1.807, 2.05) is 0 Å². The zero-order chi connectivity index (χ0) is 42.4. The molecule has 4 amide bonds. The standard InChI is InChI=1S/C37H66BN5O14/c38-43-30(37(52)53)13-11-12-18-39-33(46)27-56-25-24-55-22-20-41-34(47)28-57-26-23-54-21-19-40-31(44)17-16-29(36(50)51)42-32(45)14-9-7-5-3-1-2-4-6-8-10-15-35(48)49/h29-30,43H,1-28H2,(H,39,46)(H,40,44)(H,41,47)(H,42,45)(H,48,49)(H,50,51)(H,52,53). The first kappa shape index (κ1) is 53.2. The SMILES string of the molecule is [B]NC(CCCCNC(=O)COCCOCCNC(=O)COCCOCCNC(=O)CCC(NC(=O)CCCCCCCCCCCCC(=O)O)C(=O)O)C(=O)O. The van der Waals surface area contributed by atoms with E-state index < -0.39 is 30.0 Å².